The molecule has 7 heteroatoms. The van der Waals surface area contributed by atoms with Gasteiger partial charge in [-0.2, -0.15) is 5.10 Å². The lowest BCUT2D eigenvalue weighted by Crippen LogP contribution is -2.38. The molecule has 26 heavy (non-hydrogen) atoms. The zero-order chi connectivity index (χ0) is 18.6. The molecule has 0 saturated carbocycles. The third-order valence-electron chi connectivity index (χ3n) is 3.92. The molecule has 0 saturated heterocycles. The molecular formula is C19H30N6O. The van der Waals surface area contributed by atoms with E-state index >= 15 is 0 Å². The number of aliphatic imine (C=N–C) groups is 1. The minimum Gasteiger partial charge on any atom is -0.494 e. The van der Waals surface area contributed by atoms with Gasteiger partial charge in [0.2, 0.25) is 0 Å². The van der Waals surface area contributed by atoms with Crippen molar-refractivity contribution in [1.82, 2.24) is 25.4 Å². The van der Waals surface area contributed by atoms with Crippen LogP contribution in [0.25, 0.3) is 0 Å². The fraction of sp³-hybridized carbons (Fsp3) is 0.526. The van der Waals surface area contributed by atoms with Gasteiger partial charge in [0.05, 0.1) is 6.61 Å². The van der Waals surface area contributed by atoms with Gasteiger partial charge >= 0.3 is 0 Å². The number of benzene rings is 1. The highest BCUT2D eigenvalue weighted by Crippen LogP contribution is 2.12. The topological polar surface area (TPSA) is 76.4 Å². The van der Waals surface area contributed by atoms with Gasteiger partial charge in [-0.15, -0.1) is 0 Å². The van der Waals surface area contributed by atoms with Crippen LogP contribution >= 0.6 is 0 Å². The summed E-state index contributed by atoms with van der Waals surface area (Å²) in [6.45, 7) is 7.12. The van der Waals surface area contributed by atoms with Crippen LogP contribution in [-0.2, 0) is 20.0 Å². The first-order valence-corrected chi connectivity index (χ1v) is 9.29. The summed E-state index contributed by atoms with van der Waals surface area (Å²) in [6.07, 6.45) is 4.70. The average molecular weight is 358 g/mol. The zero-order valence-electron chi connectivity index (χ0n) is 16.0. The molecule has 0 aliphatic heterocycles. The summed E-state index contributed by atoms with van der Waals surface area (Å²) in [6, 6.07) is 8.32. The Hall–Kier alpha value is -2.57. The normalized spacial score (nSPS) is 11.4. The number of guanidine groups is 1. The minimum atomic E-state index is 0.496. The number of ether oxygens (including phenoxy) is 1. The van der Waals surface area contributed by atoms with E-state index in [1.807, 2.05) is 19.2 Å². The second-order valence-corrected chi connectivity index (χ2v) is 6.02. The maximum absolute atomic E-state index is 5.70. The van der Waals surface area contributed by atoms with Crippen molar-refractivity contribution in [2.45, 2.75) is 39.7 Å². The Morgan fingerprint density at radius 3 is 2.65 bits per heavy atom. The standard InChI is InChI=1S/C19H30N6O/c1-4-6-13-26-17-9-7-16(8-10-17)11-12-21-19(20-5-2)22-14-18-23-15-24-25(18)3/h7-10,15H,4-6,11-14H2,1-3H3,(H2,20,21,22). The first-order valence-electron chi connectivity index (χ1n) is 9.29. The number of nitrogens with one attached hydrogen (secondary N) is 2. The highest BCUT2D eigenvalue weighted by Gasteiger charge is 2.02. The smallest absolute Gasteiger partial charge is 0.191 e. The van der Waals surface area contributed by atoms with Crippen molar-refractivity contribution in [3.8, 4) is 5.75 Å². The van der Waals surface area contributed by atoms with E-state index in [1.165, 1.54) is 5.56 Å². The van der Waals surface area contributed by atoms with Gasteiger partial charge in [0.25, 0.3) is 0 Å². The summed E-state index contributed by atoms with van der Waals surface area (Å²) >= 11 is 0. The highest BCUT2D eigenvalue weighted by molar-refractivity contribution is 5.79. The van der Waals surface area contributed by atoms with Gasteiger partial charge in [0.1, 0.15) is 24.4 Å². The SMILES string of the molecule is CCCCOc1ccc(CCNC(=NCc2ncnn2C)NCC)cc1. The maximum atomic E-state index is 5.70. The summed E-state index contributed by atoms with van der Waals surface area (Å²) in [5, 5.41) is 10.7. The molecule has 0 aliphatic carbocycles. The number of aryl methyl sites for hydroxylation is 1. The van der Waals surface area contributed by atoms with Gasteiger partial charge in [0, 0.05) is 20.1 Å². The monoisotopic (exact) mass is 358 g/mol. The molecule has 0 bridgehead atoms. The molecule has 0 atom stereocenters. The van der Waals surface area contributed by atoms with Crippen LogP contribution in [0.15, 0.2) is 35.6 Å². The summed E-state index contributed by atoms with van der Waals surface area (Å²) in [4.78, 5) is 8.74. The van der Waals surface area contributed by atoms with Crippen molar-refractivity contribution in [2.75, 3.05) is 19.7 Å². The van der Waals surface area contributed by atoms with Gasteiger partial charge in [-0.25, -0.2) is 9.98 Å². The third kappa shape index (κ3) is 6.74. The van der Waals surface area contributed by atoms with Crippen molar-refractivity contribution in [3.63, 3.8) is 0 Å². The largest absolute Gasteiger partial charge is 0.494 e. The number of aromatic nitrogens is 3. The third-order valence-corrected chi connectivity index (χ3v) is 3.92. The number of hydrogen-bond donors (Lipinski definition) is 2. The molecule has 0 unspecified atom stereocenters. The van der Waals surface area contributed by atoms with E-state index in [4.69, 9.17) is 4.74 Å². The number of unbranched alkanes of at least 4 members (excludes halogenated alkanes) is 1. The molecule has 0 aliphatic rings. The number of rotatable bonds is 10. The summed E-state index contributed by atoms with van der Waals surface area (Å²) in [7, 11) is 1.87. The van der Waals surface area contributed by atoms with Gasteiger partial charge in [-0.3, -0.25) is 4.68 Å². The Balaban J connectivity index is 1.78. The second kappa shape index (κ2) is 11.1. The Kier molecular flexibility index (Phi) is 8.45. The van der Waals surface area contributed by atoms with E-state index < -0.39 is 0 Å². The van der Waals surface area contributed by atoms with Crippen molar-refractivity contribution >= 4 is 5.96 Å². The van der Waals surface area contributed by atoms with E-state index in [2.05, 4.69) is 51.7 Å². The van der Waals surface area contributed by atoms with Gasteiger partial charge in [-0.05, 0) is 37.5 Å². The van der Waals surface area contributed by atoms with Crippen LogP contribution in [0.1, 0.15) is 38.1 Å². The first kappa shape index (κ1) is 19.8. The molecule has 1 heterocycles. The van der Waals surface area contributed by atoms with Crippen molar-refractivity contribution in [3.05, 3.63) is 42.0 Å². The molecular weight excluding hydrogens is 328 g/mol. The first-order chi connectivity index (χ1) is 12.7. The molecule has 1 aromatic carbocycles. The quantitative estimate of drug-likeness (QED) is 0.387. The predicted octanol–water partition coefficient (Wildman–Crippen LogP) is 2.29. The lowest BCUT2D eigenvalue weighted by molar-refractivity contribution is 0.309. The second-order valence-electron chi connectivity index (χ2n) is 6.02. The van der Waals surface area contributed by atoms with Crippen LogP contribution in [0.2, 0.25) is 0 Å². The van der Waals surface area contributed by atoms with Gasteiger partial charge < -0.3 is 15.4 Å². The molecule has 2 rings (SSSR count). The number of nitrogens with zero attached hydrogens (tertiary/aromatic N) is 4. The summed E-state index contributed by atoms with van der Waals surface area (Å²) in [5.74, 6) is 2.56. The number of hydrogen-bond acceptors (Lipinski definition) is 4. The maximum Gasteiger partial charge on any atom is 0.191 e. The Morgan fingerprint density at radius 1 is 1.19 bits per heavy atom. The van der Waals surface area contributed by atoms with E-state index in [9.17, 15) is 0 Å². The van der Waals surface area contributed by atoms with Crippen LogP contribution in [0, 0.1) is 0 Å². The highest BCUT2D eigenvalue weighted by atomic mass is 16.5. The molecule has 2 N–H and O–H groups in total. The Morgan fingerprint density at radius 2 is 2.00 bits per heavy atom. The van der Waals surface area contributed by atoms with E-state index in [0.717, 1.165) is 56.5 Å². The minimum absolute atomic E-state index is 0.496. The molecule has 142 valence electrons. The Labute approximate surface area is 155 Å². The zero-order valence-corrected chi connectivity index (χ0v) is 16.0. The van der Waals surface area contributed by atoms with Crippen LogP contribution in [0.3, 0.4) is 0 Å². The molecule has 0 fully saturated rings. The molecule has 0 spiro atoms. The van der Waals surface area contributed by atoms with Crippen LogP contribution in [0.4, 0.5) is 0 Å². The molecule has 0 radical (unpaired) electrons. The molecule has 2 aromatic rings. The molecule has 7 nitrogen and oxygen atoms in total. The Bertz CT molecular complexity index is 665. The van der Waals surface area contributed by atoms with Gasteiger partial charge in [-0.1, -0.05) is 25.5 Å². The molecule has 0 amide bonds. The van der Waals surface area contributed by atoms with Crippen LogP contribution in [-0.4, -0.2) is 40.4 Å². The van der Waals surface area contributed by atoms with Crippen LogP contribution < -0.4 is 15.4 Å². The van der Waals surface area contributed by atoms with E-state index in [-0.39, 0.29) is 0 Å². The van der Waals surface area contributed by atoms with E-state index in [0.29, 0.717) is 6.54 Å². The van der Waals surface area contributed by atoms with Crippen molar-refractivity contribution in [1.29, 1.82) is 0 Å². The fourth-order valence-electron chi connectivity index (χ4n) is 2.37. The lowest BCUT2D eigenvalue weighted by atomic mass is 10.1. The average Bonchev–Trinajstić information content (AvgIpc) is 3.06. The van der Waals surface area contributed by atoms with Crippen molar-refractivity contribution < 1.29 is 4.74 Å². The lowest BCUT2D eigenvalue weighted by Gasteiger charge is -2.11. The van der Waals surface area contributed by atoms with E-state index in [1.54, 1.807) is 11.0 Å². The van der Waals surface area contributed by atoms with Crippen molar-refractivity contribution in [2.24, 2.45) is 12.0 Å². The van der Waals surface area contributed by atoms with Gasteiger partial charge in [0.15, 0.2) is 5.96 Å². The summed E-state index contributed by atoms with van der Waals surface area (Å²) in [5.41, 5.74) is 1.27. The predicted molar refractivity (Wildman–Crippen MR) is 104 cm³/mol. The molecule has 1 aromatic heterocycles. The fourth-order valence-corrected chi connectivity index (χ4v) is 2.37. The summed E-state index contributed by atoms with van der Waals surface area (Å²) < 4.78 is 7.43. The van der Waals surface area contributed by atoms with Crippen LogP contribution in [0.5, 0.6) is 5.75 Å².